The summed E-state index contributed by atoms with van der Waals surface area (Å²) in [5, 5.41) is 9.81. The molecule has 0 saturated heterocycles. The van der Waals surface area contributed by atoms with Crippen molar-refractivity contribution in [3.8, 4) is 11.5 Å². The second kappa shape index (κ2) is 12.6. The zero-order valence-corrected chi connectivity index (χ0v) is 25.0. The first kappa shape index (κ1) is 29.1. The van der Waals surface area contributed by atoms with Gasteiger partial charge in [-0.05, 0) is 68.1 Å². The van der Waals surface area contributed by atoms with Gasteiger partial charge in [0.15, 0.2) is 0 Å². The van der Waals surface area contributed by atoms with Gasteiger partial charge >= 0.3 is 6.03 Å². The van der Waals surface area contributed by atoms with Gasteiger partial charge in [0.1, 0.15) is 21.2 Å². The summed E-state index contributed by atoms with van der Waals surface area (Å²) in [6.07, 6.45) is 4.39. The van der Waals surface area contributed by atoms with Gasteiger partial charge < -0.3 is 20.7 Å². The Morgan fingerprint density at radius 2 is 1.76 bits per heavy atom. The number of pyridine rings is 1. The average Bonchev–Trinajstić information content (AvgIpc) is 3.60. The van der Waals surface area contributed by atoms with Crippen molar-refractivity contribution in [3.63, 3.8) is 0 Å². The predicted molar refractivity (Wildman–Crippen MR) is 167 cm³/mol. The first-order chi connectivity index (χ1) is 20.4. The summed E-state index contributed by atoms with van der Waals surface area (Å²) in [5.41, 5.74) is 2.72. The van der Waals surface area contributed by atoms with E-state index in [0.29, 0.717) is 45.4 Å². The average molecular weight is 586 g/mol. The lowest BCUT2D eigenvalue weighted by molar-refractivity contribution is -0.121. The molecule has 9 nitrogen and oxygen atoms in total. The Labute approximate surface area is 249 Å². The maximum Gasteiger partial charge on any atom is 0.331 e. The molecule has 1 aliphatic carbocycles. The molecule has 2 aromatic carbocycles. The number of carbonyl (C=O) groups excluding carboxylic acids is 3. The van der Waals surface area contributed by atoms with Gasteiger partial charge in [-0.2, -0.15) is 0 Å². The molecular weight excluding hydrogens is 550 g/mol. The molecule has 0 radical (unpaired) electrons. The third kappa shape index (κ3) is 5.80. The zero-order valence-electron chi connectivity index (χ0n) is 24.2. The minimum atomic E-state index is -0.351. The van der Waals surface area contributed by atoms with Gasteiger partial charge in [-0.15, -0.1) is 11.3 Å². The fraction of sp³-hybridized carbons (Fsp3) is 0.312. The van der Waals surface area contributed by atoms with Crippen LogP contribution in [0.5, 0.6) is 11.5 Å². The Hall–Kier alpha value is -4.44. The number of nitrogens with zero attached hydrogens (tertiary/aromatic N) is 2. The first-order valence-corrected chi connectivity index (χ1v) is 15.2. The number of aromatic nitrogens is 1. The van der Waals surface area contributed by atoms with Crippen LogP contribution in [-0.2, 0) is 4.79 Å². The monoisotopic (exact) mass is 585 g/mol. The van der Waals surface area contributed by atoms with Crippen molar-refractivity contribution in [2.24, 2.45) is 0 Å². The van der Waals surface area contributed by atoms with Crippen LogP contribution in [0, 0.1) is 6.92 Å². The number of carbonyl (C=O) groups is 3. The molecule has 10 heteroatoms. The number of ether oxygens (including phenoxy) is 1. The molecule has 1 aliphatic heterocycles. The van der Waals surface area contributed by atoms with Crippen LogP contribution in [0.1, 0.15) is 61.7 Å². The molecule has 3 N–H and O–H groups in total. The molecule has 42 heavy (non-hydrogen) atoms. The number of anilines is 3. The Morgan fingerprint density at radius 1 is 1.02 bits per heavy atom. The van der Waals surface area contributed by atoms with Crippen molar-refractivity contribution in [3.05, 3.63) is 71.2 Å². The smallest absolute Gasteiger partial charge is 0.331 e. The van der Waals surface area contributed by atoms with Crippen molar-refractivity contribution < 1.29 is 19.1 Å². The van der Waals surface area contributed by atoms with Gasteiger partial charge in [-0.25, -0.2) is 9.78 Å². The van der Waals surface area contributed by atoms with E-state index in [1.165, 1.54) is 11.3 Å². The van der Waals surface area contributed by atoms with Gasteiger partial charge in [-0.1, -0.05) is 39.0 Å². The highest BCUT2D eigenvalue weighted by molar-refractivity contribution is 7.21. The van der Waals surface area contributed by atoms with E-state index in [1.54, 1.807) is 17.2 Å². The second-order valence-corrected chi connectivity index (χ2v) is 11.0. The minimum Gasteiger partial charge on any atom is -0.457 e. The molecule has 4 amide bonds. The number of nitrogens with one attached hydrogen (secondary N) is 3. The molecule has 1 saturated carbocycles. The summed E-state index contributed by atoms with van der Waals surface area (Å²) in [5.74, 6) is 1.17. The zero-order chi connectivity index (χ0) is 29.8. The molecule has 2 aromatic heterocycles. The fourth-order valence-electron chi connectivity index (χ4n) is 5.37. The lowest BCUT2D eigenvalue weighted by Crippen LogP contribution is -2.38. The molecule has 0 bridgehead atoms. The highest BCUT2D eigenvalue weighted by atomic mass is 32.1. The largest absolute Gasteiger partial charge is 0.457 e. The van der Waals surface area contributed by atoms with Crippen LogP contribution in [0.3, 0.4) is 0 Å². The maximum atomic E-state index is 13.5. The quantitative estimate of drug-likeness (QED) is 0.211. The summed E-state index contributed by atoms with van der Waals surface area (Å²) in [4.78, 5) is 45.9. The Bertz CT molecular complexity index is 1620. The molecule has 3 heterocycles. The Balaban J connectivity index is 0.00000173. The van der Waals surface area contributed by atoms with Gasteiger partial charge in [0.05, 0.1) is 22.4 Å². The van der Waals surface area contributed by atoms with Gasteiger partial charge in [0.25, 0.3) is 5.91 Å². The second-order valence-electron chi connectivity index (χ2n) is 10.0. The van der Waals surface area contributed by atoms with Crippen molar-refractivity contribution in [1.29, 1.82) is 0 Å². The van der Waals surface area contributed by atoms with E-state index in [-0.39, 0.29) is 29.9 Å². The number of thiophene rings is 1. The Morgan fingerprint density at radius 3 is 2.48 bits per heavy atom. The predicted octanol–water partition coefficient (Wildman–Crippen LogP) is 7.28. The molecule has 1 fully saturated rings. The highest BCUT2D eigenvalue weighted by Crippen LogP contribution is 2.46. The first-order valence-electron chi connectivity index (χ1n) is 14.4. The molecule has 2 aliphatic rings. The van der Waals surface area contributed by atoms with Crippen molar-refractivity contribution in [2.75, 3.05) is 10.2 Å². The number of urea groups is 1. The molecular formula is C32H35N5O4S. The van der Waals surface area contributed by atoms with Crippen molar-refractivity contribution >= 4 is 56.5 Å². The lowest BCUT2D eigenvalue weighted by Gasteiger charge is -2.29. The number of hydrogen-bond donors (Lipinski definition) is 3. The molecule has 2 atom stereocenters. The Kier molecular flexibility index (Phi) is 8.72. The highest BCUT2D eigenvalue weighted by Gasteiger charge is 2.34. The molecule has 0 spiro atoms. The number of benzene rings is 2. The SMILES string of the molecule is CC.CCC(=O)NC1CCC(NC(=O)c2sc3nccc4c3c2NC(=O)N4c2ccc(Oc3ccccc3)cc2C)C1. The van der Waals surface area contributed by atoms with Crippen molar-refractivity contribution in [1.82, 2.24) is 15.6 Å². The fourth-order valence-corrected chi connectivity index (χ4v) is 6.40. The number of hydrogen-bond acceptors (Lipinski definition) is 6. The topological polar surface area (TPSA) is 113 Å². The van der Waals surface area contributed by atoms with E-state index in [1.807, 2.05) is 76.2 Å². The van der Waals surface area contributed by atoms with Gasteiger partial charge in [0.2, 0.25) is 5.91 Å². The van der Waals surface area contributed by atoms with Crippen LogP contribution in [0.15, 0.2) is 60.8 Å². The van der Waals surface area contributed by atoms with E-state index >= 15 is 0 Å². The summed E-state index contributed by atoms with van der Waals surface area (Å²) < 4.78 is 5.97. The van der Waals surface area contributed by atoms with Crippen LogP contribution in [-0.4, -0.2) is 34.9 Å². The van der Waals surface area contributed by atoms with E-state index in [0.717, 1.165) is 29.5 Å². The standard InChI is InChI=1S/C30H29N5O4S.C2H6/c1-3-24(36)32-18-9-10-19(16-18)33-28(37)27-26-25-23(13-14-31-29(25)40-27)35(30(38)34-26)22-12-11-21(15-17(22)2)39-20-7-5-4-6-8-20;1-2/h4-8,11-15,18-19H,3,9-10,16H2,1-2H3,(H,32,36)(H,33,37)(H,34,38);1-2H3. The van der Waals surface area contributed by atoms with E-state index in [4.69, 9.17) is 4.74 Å². The van der Waals surface area contributed by atoms with Crippen molar-refractivity contribution in [2.45, 2.75) is 65.5 Å². The molecule has 4 aromatic rings. The van der Waals surface area contributed by atoms with Crippen LogP contribution in [0.4, 0.5) is 21.9 Å². The number of amides is 4. The van der Waals surface area contributed by atoms with Gasteiger partial charge in [0, 0.05) is 24.7 Å². The lowest BCUT2D eigenvalue weighted by atomic mass is 10.1. The molecule has 6 rings (SSSR count). The summed E-state index contributed by atoms with van der Waals surface area (Å²) in [7, 11) is 0. The van der Waals surface area contributed by atoms with Crippen LogP contribution >= 0.6 is 11.3 Å². The normalized spacial score (nSPS) is 17.2. The molecule has 2 unspecified atom stereocenters. The van der Waals surface area contributed by atoms with Crippen LogP contribution in [0.2, 0.25) is 0 Å². The van der Waals surface area contributed by atoms with Crippen LogP contribution < -0.4 is 25.6 Å². The number of aryl methyl sites for hydroxylation is 1. The maximum absolute atomic E-state index is 13.5. The third-order valence-corrected chi connectivity index (χ3v) is 8.39. The number of rotatable bonds is 7. The van der Waals surface area contributed by atoms with Gasteiger partial charge in [-0.3, -0.25) is 14.5 Å². The summed E-state index contributed by atoms with van der Waals surface area (Å²) in [6.45, 7) is 7.75. The van der Waals surface area contributed by atoms with E-state index < -0.39 is 0 Å². The van der Waals surface area contributed by atoms with E-state index in [2.05, 4.69) is 20.9 Å². The van der Waals surface area contributed by atoms with E-state index in [9.17, 15) is 14.4 Å². The minimum absolute atomic E-state index is 0.0189. The van der Waals surface area contributed by atoms with Crippen LogP contribution in [0.25, 0.3) is 10.2 Å². The number of para-hydroxylation sites is 1. The molecule has 218 valence electrons. The third-order valence-electron chi connectivity index (χ3n) is 7.29. The summed E-state index contributed by atoms with van der Waals surface area (Å²) in [6, 6.07) is 16.6. The summed E-state index contributed by atoms with van der Waals surface area (Å²) >= 11 is 1.26.